The number of halogens is 4. The van der Waals surface area contributed by atoms with E-state index in [0.29, 0.717) is 24.8 Å². The number of sulfone groups is 1. The van der Waals surface area contributed by atoms with Gasteiger partial charge >= 0.3 is 12.3 Å². The van der Waals surface area contributed by atoms with Gasteiger partial charge in [-0.25, -0.2) is 17.6 Å². The van der Waals surface area contributed by atoms with E-state index < -0.39 is 49.2 Å². The molecule has 2 aromatic carbocycles. The van der Waals surface area contributed by atoms with E-state index in [9.17, 15) is 30.8 Å². The zero-order chi connectivity index (χ0) is 26.7. The lowest BCUT2D eigenvalue weighted by Crippen LogP contribution is -2.33. The fourth-order valence-electron chi connectivity index (χ4n) is 3.99. The summed E-state index contributed by atoms with van der Waals surface area (Å²) in [6.07, 6.45) is -3.99. The summed E-state index contributed by atoms with van der Waals surface area (Å²) in [5, 5.41) is 17.7. The number of hydrogen-bond donors (Lipinski definition) is 2. The van der Waals surface area contributed by atoms with Gasteiger partial charge in [0.2, 0.25) is 0 Å². The molecule has 1 amide bonds. The van der Waals surface area contributed by atoms with Crippen LogP contribution in [0.1, 0.15) is 37.7 Å². The van der Waals surface area contributed by atoms with E-state index in [1.54, 1.807) is 0 Å². The molecule has 0 aliphatic heterocycles. The maximum Gasteiger partial charge on any atom is 0.417 e. The maximum atomic E-state index is 13.6. The van der Waals surface area contributed by atoms with E-state index in [4.69, 9.17) is 15.1 Å². The standard InChI is InChI=1S/C19H18F4O3S.C5H6N2O2/c1-26-15-7-8-16(11-15)27(24,25)18-9-4-13(10-17(18)19(21,22)23)12-2-5-14(20)6-3-12;6-3-5(1-2-5)7-4(8)9/h2-6,9-10,15-16H,7-8,11H2,1H3;7H,1-2H2,(H,8,9)/t15-,16-;/m1./s1. The van der Waals surface area contributed by atoms with Crippen LogP contribution in [0.2, 0.25) is 0 Å². The number of carboxylic acid groups (broad SMARTS) is 1. The minimum atomic E-state index is -4.84. The number of benzene rings is 2. The van der Waals surface area contributed by atoms with Crippen LogP contribution < -0.4 is 5.32 Å². The Hall–Kier alpha value is -3.17. The molecular formula is C24H24F4N2O5S. The van der Waals surface area contributed by atoms with Gasteiger partial charge in [-0.05, 0) is 67.5 Å². The first-order valence-corrected chi connectivity index (χ1v) is 12.5. The third kappa shape index (κ3) is 6.33. The molecule has 2 aliphatic carbocycles. The van der Waals surface area contributed by atoms with Crippen molar-refractivity contribution in [3.05, 3.63) is 53.8 Å². The Morgan fingerprint density at radius 3 is 2.19 bits per heavy atom. The summed E-state index contributed by atoms with van der Waals surface area (Å²) in [6.45, 7) is 0. The van der Waals surface area contributed by atoms with Crippen molar-refractivity contribution < 1.29 is 40.6 Å². The van der Waals surface area contributed by atoms with E-state index in [-0.39, 0.29) is 24.5 Å². The summed E-state index contributed by atoms with van der Waals surface area (Å²) in [5.74, 6) is -0.511. The molecule has 0 spiro atoms. The number of methoxy groups -OCH3 is 1. The molecule has 36 heavy (non-hydrogen) atoms. The Morgan fingerprint density at radius 2 is 1.75 bits per heavy atom. The number of nitrogens with zero attached hydrogens (tertiary/aromatic N) is 1. The number of carbonyl (C=O) groups is 1. The highest BCUT2D eigenvalue weighted by molar-refractivity contribution is 7.92. The molecule has 12 heteroatoms. The minimum absolute atomic E-state index is 0.169. The molecule has 2 N–H and O–H groups in total. The molecule has 2 saturated carbocycles. The van der Waals surface area contributed by atoms with Crippen molar-refractivity contribution in [2.45, 2.75) is 60.1 Å². The zero-order valence-corrected chi connectivity index (χ0v) is 20.0. The molecular weight excluding hydrogens is 504 g/mol. The summed E-state index contributed by atoms with van der Waals surface area (Å²) >= 11 is 0. The van der Waals surface area contributed by atoms with Gasteiger partial charge in [0.25, 0.3) is 0 Å². The van der Waals surface area contributed by atoms with Crippen molar-refractivity contribution in [1.82, 2.24) is 5.32 Å². The molecule has 2 fully saturated rings. The summed E-state index contributed by atoms with van der Waals surface area (Å²) in [4.78, 5) is 9.23. The van der Waals surface area contributed by atoms with Crippen molar-refractivity contribution in [2.24, 2.45) is 0 Å². The van der Waals surface area contributed by atoms with E-state index in [1.165, 1.54) is 25.3 Å². The molecule has 2 atom stereocenters. The lowest BCUT2D eigenvalue weighted by molar-refractivity contribution is -0.139. The van der Waals surface area contributed by atoms with Crippen LogP contribution in [0.4, 0.5) is 22.4 Å². The second-order valence-corrected chi connectivity index (χ2v) is 10.9. The van der Waals surface area contributed by atoms with Crippen LogP contribution in [-0.4, -0.2) is 43.6 Å². The van der Waals surface area contributed by atoms with Gasteiger partial charge in [-0.1, -0.05) is 18.2 Å². The van der Waals surface area contributed by atoms with Crippen molar-refractivity contribution in [2.75, 3.05) is 7.11 Å². The Labute approximate surface area is 205 Å². The van der Waals surface area contributed by atoms with E-state index in [0.717, 1.165) is 24.3 Å². The van der Waals surface area contributed by atoms with Gasteiger partial charge in [0.05, 0.1) is 27.9 Å². The van der Waals surface area contributed by atoms with Gasteiger partial charge in [0.1, 0.15) is 11.4 Å². The molecule has 0 saturated heterocycles. The molecule has 0 radical (unpaired) electrons. The van der Waals surface area contributed by atoms with E-state index in [2.05, 4.69) is 5.32 Å². The summed E-state index contributed by atoms with van der Waals surface area (Å²) in [6, 6.07) is 9.98. The third-order valence-corrected chi connectivity index (χ3v) is 8.46. The average Bonchev–Trinajstić information content (AvgIpc) is 3.40. The van der Waals surface area contributed by atoms with Crippen molar-refractivity contribution in [3.63, 3.8) is 0 Å². The summed E-state index contributed by atoms with van der Waals surface area (Å²) in [5.41, 5.74) is -1.40. The summed E-state index contributed by atoms with van der Waals surface area (Å²) in [7, 11) is -2.70. The first kappa shape index (κ1) is 27.4. The Morgan fingerprint density at radius 1 is 1.14 bits per heavy atom. The number of rotatable bonds is 5. The first-order valence-electron chi connectivity index (χ1n) is 11.0. The van der Waals surface area contributed by atoms with Gasteiger partial charge in [0.15, 0.2) is 9.84 Å². The van der Waals surface area contributed by atoms with Gasteiger partial charge in [-0.2, -0.15) is 18.4 Å². The zero-order valence-electron chi connectivity index (χ0n) is 19.2. The van der Waals surface area contributed by atoms with Crippen LogP contribution in [0, 0.1) is 17.1 Å². The molecule has 0 aromatic heterocycles. The Kier molecular flexibility index (Phi) is 7.95. The highest BCUT2D eigenvalue weighted by Crippen LogP contribution is 2.40. The van der Waals surface area contributed by atoms with Crippen LogP contribution in [0.15, 0.2) is 47.4 Å². The molecule has 7 nitrogen and oxygen atoms in total. The quantitative estimate of drug-likeness (QED) is 0.518. The molecule has 2 aliphatic rings. The summed E-state index contributed by atoms with van der Waals surface area (Å²) < 4.78 is 84.8. The Balaban J connectivity index is 0.000000338. The fourth-order valence-corrected chi connectivity index (χ4v) is 6.00. The van der Waals surface area contributed by atoms with Crippen LogP contribution in [0.3, 0.4) is 0 Å². The van der Waals surface area contributed by atoms with Crippen LogP contribution in [-0.2, 0) is 20.8 Å². The number of ether oxygens (including phenoxy) is 1. The minimum Gasteiger partial charge on any atom is -0.465 e. The van der Waals surface area contributed by atoms with Gasteiger partial charge < -0.3 is 15.2 Å². The third-order valence-electron chi connectivity index (χ3n) is 6.19. The highest BCUT2D eigenvalue weighted by atomic mass is 32.2. The maximum absolute atomic E-state index is 13.6. The van der Waals surface area contributed by atoms with E-state index >= 15 is 0 Å². The lowest BCUT2D eigenvalue weighted by Gasteiger charge is -2.18. The topological polar surface area (TPSA) is 116 Å². The first-order chi connectivity index (χ1) is 16.8. The molecule has 0 bridgehead atoms. The SMILES string of the molecule is CO[C@@H]1CC[C@@H](S(=O)(=O)c2ccc(-c3ccc(F)cc3)cc2C(F)(F)F)C1.N#CC1(NC(=O)O)CC1. The van der Waals surface area contributed by atoms with Gasteiger partial charge in [0, 0.05) is 7.11 Å². The second kappa shape index (κ2) is 10.4. The van der Waals surface area contributed by atoms with E-state index in [1.807, 2.05) is 6.07 Å². The largest absolute Gasteiger partial charge is 0.465 e. The molecule has 194 valence electrons. The number of alkyl halides is 3. The van der Waals surface area contributed by atoms with Crippen LogP contribution in [0.25, 0.3) is 11.1 Å². The molecule has 4 rings (SSSR count). The van der Waals surface area contributed by atoms with Crippen molar-refractivity contribution >= 4 is 15.9 Å². The predicted octanol–water partition coefficient (Wildman–Crippen LogP) is 5.16. The molecule has 2 aromatic rings. The molecule has 0 unspecified atom stereocenters. The monoisotopic (exact) mass is 528 g/mol. The number of nitrogens with one attached hydrogen (secondary N) is 1. The van der Waals surface area contributed by atoms with Gasteiger partial charge in [-0.3, -0.25) is 0 Å². The normalized spacial score (nSPS) is 20.6. The molecule has 0 heterocycles. The lowest BCUT2D eigenvalue weighted by atomic mass is 10.0. The number of nitriles is 1. The smallest absolute Gasteiger partial charge is 0.417 e. The van der Waals surface area contributed by atoms with Crippen molar-refractivity contribution in [1.29, 1.82) is 5.26 Å². The van der Waals surface area contributed by atoms with Gasteiger partial charge in [-0.15, -0.1) is 0 Å². The van der Waals surface area contributed by atoms with Crippen LogP contribution in [0.5, 0.6) is 0 Å². The Bertz CT molecular complexity index is 1250. The predicted molar refractivity (Wildman–Crippen MR) is 121 cm³/mol. The number of amides is 1. The fraction of sp³-hybridized carbons (Fsp3) is 0.417. The van der Waals surface area contributed by atoms with Crippen LogP contribution >= 0.6 is 0 Å². The number of hydrogen-bond acceptors (Lipinski definition) is 5. The van der Waals surface area contributed by atoms with Crippen molar-refractivity contribution in [3.8, 4) is 17.2 Å². The average molecular weight is 529 g/mol. The highest BCUT2D eigenvalue weighted by Gasteiger charge is 2.45. The second-order valence-electron chi connectivity index (χ2n) is 8.68.